The lowest BCUT2D eigenvalue weighted by Crippen LogP contribution is -2.33. The number of ether oxygens (including phenoxy) is 1. The second-order valence-corrected chi connectivity index (χ2v) is 15.7. The van der Waals surface area contributed by atoms with E-state index in [0.717, 1.165) is 21.6 Å². The molecule has 0 amide bonds. The minimum absolute atomic E-state index is 0.0200. The zero-order valence-electron chi connectivity index (χ0n) is 30.8. The van der Waals surface area contributed by atoms with Gasteiger partial charge in [-0.05, 0) is 93.2 Å². The molecule has 0 aliphatic heterocycles. The SMILES string of the molecule is CNCC#Cc1ccc(OCCCc2sc(N(CCCC(O)CN(C)CC[P+](=O)O)C(=N)/C=C(/C)C(N)=Nc3nc4ccccc4s3)nc2C(=O)O)c(F)c1. The van der Waals surface area contributed by atoms with Crippen molar-refractivity contribution in [3.8, 4) is 17.6 Å². The van der Waals surface area contributed by atoms with Crippen LogP contribution in [0.1, 0.15) is 47.1 Å². The van der Waals surface area contributed by atoms with Gasteiger partial charge in [0.15, 0.2) is 28.6 Å². The Hall–Kier alpha value is -4.66. The van der Waals surface area contributed by atoms with Crippen LogP contribution in [0, 0.1) is 23.1 Å². The first-order chi connectivity index (χ1) is 26.3. The fourth-order valence-electron chi connectivity index (χ4n) is 5.20. The Morgan fingerprint density at radius 3 is 2.71 bits per heavy atom. The number of aromatic carboxylic acids is 1. The molecule has 2 aromatic carbocycles. The predicted octanol–water partition coefficient (Wildman–Crippen LogP) is 5.40. The number of aliphatic imine (C=N–C) groups is 1. The normalized spacial score (nSPS) is 12.7. The lowest BCUT2D eigenvalue weighted by Gasteiger charge is -2.23. The molecule has 2 unspecified atom stereocenters. The van der Waals surface area contributed by atoms with E-state index in [1.54, 1.807) is 36.9 Å². The Bertz CT molecular complexity index is 2060. The molecule has 0 fully saturated rings. The molecular formula is C37H45FN8O6PS2+. The maximum Gasteiger partial charge on any atom is 0.506 e. The number of halogens is 1. The third-order valence-corrected chi connectivity index (χ3v) is 10.7. The van der Waals surface area contributed by atoms with Crippen LogP contribution in [0.4, 0.5) is 14.7 Å². The summed E-state index contributed by atoms with van der Waals surface area (Å²) in [5.41, 5.74) is 7.97. The van der Waals surface area contributed by atoms with Gasteiger partial charge < -0.3 is 30.9 Å². The second kappa shape index (κ2) is 21.4. The molecule has 4 rings (SSSR count). The number of nitrogens with zero attached hydrogens (tertiary/aromatic N) is 5. The van der Waals surface area contributed by atoms with Crippen LogP contribution in [-0.2, 0) is 11.0 Å². The molecule has 0 aliphatic carbocycles. The number of benzene rings is 2. The molecule has 0 saturated heterocycles. The first-order valence-corrected chi connectivity index (χ1v) is 20.4. The van der Waals surface area contributed by atoms with Crippen LogP contribution in [0.3, 0.4) is 0 Å². The van der Waals surface area contributed by atoms with Crippen molar-refractivity contribution in [2.75, 3.05) is 57.9 Å². The molecule has 2 heterocycles. The van der Waals surface area contributed by atoms with Crippen molar-refractivity contribution in [1.29, 1.82) is 5.41 Å². The summed E-state index contributed by atoms with van der Waals surface area (Å²) < 4.78 is 32.3. The van der Waals surface area contributed by atoms with Gasteiger partial charge >= 0.3 is 14.0 Å². The summed E-state index contributed by atoms with van der Waals surface area (Å²) in [6, 6.07) is 12.1. The third kappa shape index (κ3) is 13.5. The maximum atomic E-state index is 14.6. The summed E-state index contributed by atoms with van der Waals surface area (Å²) in [5, 5.41) is 33.4. The molecule has 0 saturated carbocycles. The van der Waals surface area contributed by atoms with Crippen molar-refractivity contribution in [3.05, 3.63) is 76.1 Å². The van der Waals surface area contributed by atoms with Crippen LogP contribution in [0.2, 0.25) is 0 Å². The lowest BCUT2D eigenvalue weighted by molar-refractivity contribution is 0.0690. The average Bonchev–Trinajstić information content (AvgIpc) is 3.75. The number of carbonyl (C=O) groups is 1. The van der Waals surface area contributed by atoms with Gasteiger partial charge in [-0.25, -0.2) is 24.1 Å². The number of nitrogens with two attached hydrogens (primary N) is 1. The molecule has 55 heavy (non-hydrogen) atoms. The van der Waals surface area contributed by atoms with Crippen LogP contribution in [0.25, 0.3) is 10.2 Å². The van der Waals surface area contributed by atoms with Crippen molar-refractivity contribution in [3.63, 3.8) is 0 Å². The highest BCUT2D eigenvalue weighted by Crippen LogP contribution is 2.30. The number of carboxylic acids is 1. The summed E-state index contributed by atoms with van der Waals surface area (Å²) in [6.45, 7) is 3.14. The lowest BCUT2D eigenvalue weighted by atomic mass is 10.1. The Morgan fingerprint density at radius 1 is 1.22 bits per heavy atom. The van der Waals surface area contributed by atoms with E-state index in [1.165, 1.54) is 29.5 Å². The van der Waals surface area contributed by atoms with E-state index in [-0.39, 0.29) is 60.5 Å². The van der Waals surface area contributed by atoms with Crippen LogP contribution in [-0.4, -0.2) is 107 Å². The smallest absolute Gasteiger partial charge is 0.491 e. The van der Waals surface area contributed by atoms with Crippen LogP contribution >= 0.6 is 30.7 Å². The zero-order valence-corrected chi connectivity index (χ0v) is 33.3. The number of rotatable bonds is 20. The number of thiazole rings is 2. The van der Waals surface area contributed by atoms with E-state index in [1.807, 2.05) is 24.3 Å². The fourth-order valence-corrected chi connectivity index (χ4v) is 7.69. The van der Waals surface area contributed by atoms with Crippen molar-refractivity contribution in [2.45, 2.75) is 38.7 Å². The molecule has 0 bridgehead atoms. The van der Waals surface area contributed by atoms with E-state index >= 15 is 0 Å². The molecule has 2 atom stereocenters. The number of fused-ring (bicyclic) bond motifs is 1. The zero-order chi connectivity index (χ0) is 39.9. The molecule has 14 nitrogen and oxygen atoms in total. The highest BCUT2D eigenvalue weighted by molar-refractivity contribution is 7.38. The third-order valence-electron chi connectivity index (χ3n) is 8.02. The number of anilines is 1. The summed E-state index contributed by atoms with van der Waals surface area (Å²) in [7, 11) is 1.25. The summed E-state index contributed by atoms with van der Waals surface area (Å²) in [4.78, 5) is 38.6. The van der Waals surface area contributed by atoms with E-state index in [9.17, 15) is 24.0 Å². The van der Waals surface area contributed by atoms with E-state index in [0.29, 0.717) is 53.5 Å². The molecule has 0 radical (unpaired) electrons. The molecule has 4 aromatic rings. The molecular weight excluding hydrogens is 767 g/mol. The predicted molar refractivity (Wildman–Crippen MR) is 217 cm³/mol. The summed E-state index contributed by atoms with van der Waals surface area (Å²) in [5.74, 6) is 4.16. The maximum absolute atomic E-state index is 14.6. The Labute approximate surface area is 328 Å². The van der Waals surface area contributed by atoms with Crippen LogP contribution in [0.5, 0.6) is 5.75 Å². The van der Waals surface area contributed by atoms with Crippen LogP contribution < -0.4 is 20.7 Å². The van der Waals surface area contributed by atoms with Gasteiger partial charge in [-0.1, -0.05) is 35.3 Å². The standard InChI is InChI=1S/C37H44FN8O6PS2/c1-24(34(40)44-36-42-28-11-4-5-12-30(28)54-36)21-32(39)46(17-7-10-26(47)23-45(3)18-20-53(50)51)37-43-33(35(48)49)31(55-37)13-8-19-52-29-15-14-25(22-27(29)38)9-6-16-41-2/h4-5,11-12,14-15,21-22,26,39,41,47H,7-8,10,13,16-20,23H2,1-3H3,(H3-,40,42,44,48,49,50,51)/p+1/b24-21-,39-32?. The Morgan fingerprint density at radius 2 is 2.00 bits per heavy atom. The van der Waals surface area contributed by atoms with E-state index < -0.39 is 25.9 Å². The summed E-state index contributed by atoms with van der Waals surface area (Å²) in [6.07, 6.45) is 2.26. The molecule has 0 aliphatic rings. The number of likely N-dealkylation sites (N-methyl/N-ethyl adjacent to an activating group) is 1. The number of hydrogen-bond donors (Lipinski definition) is 6. The van der Waals surface area contributed by atoms with Crippen molar-refractivity contribution < 1.29 is 33.6 Å². The van der Waals surface area contributed by atoms with Gasteiger partial charge in [-0.15, -0.1) is 11.3 Å². The number of aryl methyl sites for hydroxylation is 1. The highest BCUT2D eigenvalue weighted by Gasteiger charge is 2.23. The van der Waals surface area contributed by atoms with Crippen molar-refractivity contribution in [2.24, 2.45) is 10.7 Å². The monoisotopic (exact) mass is 811 g/mol. The second-order valence-electron chi connectivity index (χ2n) is 12.5. The van der Waals surface area contributed by atoms with Gasteiger partial charge in [-0.2, -0.15) is 4.89 Å². The summed E-state index contributed by atoms with van der Waals surface area (Å²) >= 11 is 2.51. The fraction of sp³-hybridized carbons (Fsp3) is 0.378. The van der Waals surface area contributed by atoms with E-state index in [2.05, 4.69) is 32.1 Å². The van der Waals surface area contributed by atoms with Gasteiger partial charge in [0.1, 0.15) is 11.7 Å². The largest absolute Gasteiger partial charge is 0.506 e. The minimum Gasteiger partial charge on any atom is -0.491 e. The van der Waals surface area contributed by atoms with Gasteiger partial charge in [0, 0.05) is 30.1 Å². The van der Waals surface area contributed by atoms with Gasteiger partial charge in [-0.3, -0.25) is 10.3 Å². The van der Waals surface area contributed by atoms with Crippen LogP contribution in [0.15, 0.2) is 59.1 Å². The number of nitrogens with one attached hydrogen (secondary N) is 2. The molecule has 18 heteroatoms. The van der Waals surface area contributed by atoms with Gasteiger partial charge in [0.05, 0.1) is 29.5 Å². The number of aromatic nitrogens is 2. The number of aliphatic hydroxyl groups is 1. The van der Waals surface area contributed by atoms with Gasteiger partial charge in [0.25, 0.3) is 0 Å². The number of aliphatic hydroxyl groups excluding tert-OH is 1. The van der Waals surface area contributed by atoms with Crippen molar-refractivity contribution >= 4 is 68.8 Å². The highest BCUT2D eigenvalue weighted by atomic mass is 32.1. The Kier molecular flexibility index (Phi) is 16.8. The molecule has 2 aromatic heterocycles. The number of hydrogen-bond acceptors (Lipinski definition) is 12. The van der Waals surface area contributed by atoms with Gasteiger partial charge in [0.2, 0.25) is 5.13 Å². The average molecular weight is 812 g/mol. The number of amidine groups is 2. The molecule has 292 valence electrons. The first kappa shape index (κ1) is 43.1. The first-order valence-electron chi connectivity index (χ1n) is 17.4. The topological polar surface area (TPSA) is 211 Å². The molecule has 7 N–H and O–H groups in total. The quantitative estimate of drug-likeness (QED) is 0.0218. The Balaban J connectivity index is 1.50. The molecule has 0 spiro atoms. The van der Waals surface area contributed by atoms with E-state index in [4.69, 9.17) is 20.8 Å². The number of carboxylic acid groups (broad SMARTS) is 1. The number of para-hydroxylation sites is 1. The minimum atomic E-state index is -2.27. The van der Waals surface area contributed by atoms with Crippen molar-refractivity contribution in [1.82, 2.24) is 20.2 Å².